The lowest BCUT2D eigenvalue weighted by atomic mass is 10.2. The molecule has 3 aromatic rings. The number of ether oxygens (including phenoxy) is 2. The van der Waals surface area contributed by atoms with Crippen LogP contribution in [0.25, 0.3) is 0 Å². The zero-order valence-corrected chi connectivity index (χ0v) is 19.7. The molecule has 0 heterocycles. The van der Waals surface area contributed by atoms with E-state index in [4.69, 9.17) is 21.1 Å². The summed E-state index contributed by atoms with van der Waals surface area (Å²) in [6.07, 6.45) is 0. The van der Waals surface area contributed by atoms with Gasteiger partial charge in [-0.2, -0.15) is 0 Å². The van der Waals surface area contributed by atoms with Gasteiger partial charge in [0, 0.05) is 11.8 Å². The predicted molar refractivity (Wildman–Crippen MR) is 125 cm³/mol. The van der Waals surface area contributed by atoms with Crippen molar-refractivity contribution < 1.29 is 27.1 Å². The van der Waals surface area contributed by atoms with E-state index in [-0.39, 0.29) is 27.0 Å². The Hall–Kier alpha value is -3.30. The van der Waals surface area contributed by atoms with Crippen LogP contribution in [0.5, 0.6) is 11.5 Å². The topological polar surface area (TPSA) is 84.9 Å². The van der Waals surface area contributed by atoms with Crippen LogP contribution in [0.15, 0.2) is 65.6 Å². The number of amides is 1. The molecule has 0 unspecified atom stereocenters. The molecule has 174 valence electrons. The van der Waals surface area contributed by atoms with Crippen LogP contribution >= 0.6 is 11.6 Å². The Morgan fingerprint density at radius 2 is 1.73 bits per heavy atom. The minimum Gasteiger partial charge on any atom is -0.497 e. The second kappa shape index (κ2) is 10.1. The van der Waals surface area contributed by atoms with Gasteiger partial charge in [0.25, 0.3) is 10.0 Å². The average Bonchev–Trinajstić information content (AvgIpc) is 2.79. The van der Waals surface area contributed by atoms with E-state index in [1.54, 1.807) is 24.3 Å². The van der Waals surface area contributed by atoms with E-state index < -0.39 is 28.3 Å². The second-order valence-electron chi connectivity index (χ2n) is 7.04. The Morgan fingerprint density at radius 1 is 1.03 bits per heavy atom. The van der Waals surface area contributed by atoms with E-state index in [9.17, 15) is 17.6 Å². The number of nitrogens with zero attached hydrogens (tertiary/aromatic N) is 1. The lowest BCUT2D eigenvalue weighted by Crippen LogP contribution is -2.38. The molecule has 7 nitrogen and oxygen atoms in total. The molecule has 0 aromatic heterocycles. The Morgan fingerprint density at radius 3 is 2.33 bits per heavy atom. The van der Waals surface area contributed by atoms with Gasteiger partial charge in [-0.25, -0.2) is 12.8 Å². The van der Waals surface area contributed by atoms with Crippen LogP contribution in [-0.4, -0.2) is 35.1 Å². The summed E-state index contributed by atoms with van der Waals surface area (Å²) >= 11 is 5.77. The van der Waals surface area contributed by atoms with Crippen molar-refractivity contribution in [1.82, 2.24) is 0 Å². The molecule has 0 aliphatic rings. The maximum absolute atomic E-state index is 13.6. The third-order valence-electron chi connectivity index (χ3n) is 4.75. The first-order valence-electron chi connectivity index (χ1n) is 9.72. The van der Waals surface area contributed by atoms with E-state index in [0.29, 0.717) is 5.75 Å². The van der Waals surface area contributed by atoms with Gasteiger partial charge >= 0.3 is 0 Å². The molecule has 0 aliphatic heterocycles. The summed E-state index contributed by atoms with van der Waals surface area (Å²) in [7, 11) is -1.35. The first kappa shape index (κ1) is 24.3. The number of hydrogen-bond donors (Lipinski definition) is 1. The standard InChI is InChI=1S/C23H22ClFN2O5S/c1-15-4-8-18(9-5-15)33(29,30)27(21-13-17(31-2)7-11-22(21)32-3)14-23(28)26-16-6-10-20(25)19(24)12-16/h4-13H,14H2,1-3H3,(H,26,28). The van der Waals surface area contributed by atoms with Gasteiger partial charge in [-0.05, 0) is 49.4 Å². The summed E-state index contributed by atoms with van der Waals surface area (Å²) in [5, 5.41) is 2.37. The fourth-order valence-corrected chi connectivity index (χ4v) is 4.64. The van der Waals surface area contributed by atoms with Gasteiger partial charge in [0.2, 0.25) is 5.91 Å². The van der Waals surface area contributed by atoms with E-state index in [2.05, 4.69) is 5.32 Å². The Bertz CT molecular complexity index is 1270. The predicted octanol–water partition coefficient (Wildman–Crippen LogP) is 4.64. The monoisotopic (exact) mass is 492 g/mol. The smallest absolute Gasteiger partial charge is 0.264 e. The summed E-state index contributed by atoms with van der Waals surface area (Å²) in [4.78, 5) is 12.8. The molecular weight excluding hydrogens is 471 g/mol. The number of carbonyl (C=O) groups excluding carboxylic acids is 1. The molecule has 3 aromatic carbocycles. The third kappa shape index (κ3) is 5.55. The van der Waals surface area contributed by atoms with Crippen molar-refractivity contribution in [1.29, 1.82) is 0 Å². The number of nitrogens with one attached hydrogen (secondary N) is 1. The fourth-order valence-electron chi connectivity index (χ4n) is 3.03. The van der Waals surface area contributed by atoms with Gasteiger partial charge < -0.3 is 14.8 Å². The number of aryl methyl sites for hydroxylation is 1. The number of methoxy groups -OCH3 is 2. The lowest BCUT2D eigenvalue weighted by Gasteiger charge is -2.26. The first-order chi connectivity index (χ1) is 15.6. The third-order valence-corrected chi connectivity index (χ3v) is 6.82. The molecule has 0 bridgehead atoms. The van der Waals surface area contributed by atoms with E-state index in [1.165, 1.54) is 44.6 Å². The van der Waals surface area contributed by atoms with Gasteiger partial charge in [-0.3, -0.25) is 9.10 Å². The Balaban J connectivity index is 2.04. The summed E-state index contributed by atoms with van der Waals surface area (Å²) in [6.45, 7) is 1.25. The maximum atomic E-state index is 13.6. The van der Waals surface area contributed by atoms with Crippen LogP contribution in [-0.2, 0) is 14.8 Å². The van der Waals surface area contributed by atoms with E-state index in [0.717, 1.165) is 15.9 Å². The van der Waals surface area contributed by atoms with E-state index >= 15 is 0 Å². The van der Waals surface area contributed by atoms with E-state index in [1.807, 2.05) is 6.92 Å². The Kier molecular flexibility index (Phi) is 7.45. The molecule has 0 atom stereocenters. The quantitative estimate of drug-likeness (QED) is 0.495. The number of sulfonamides is 1. The largest absolute Gasteiger partial charge is 0.497 e. The Labute approximate surface area is 196 Å². The molecule has 0 aliphatic carbocycles. The fraction of sp³-hybridized carbons (Fsp3) is 0.174. The van der Waals surface area contributed by atoms with Crippen LogP contribution in [0.1, 0.15) is 5.56 Å². The molecule has 0 spiro atoms. The van der Waals surface area contributed by atoms with Gasteiger partial charge in [-0.15, -0.1) is 0 Å². The highest BCUT2D eigenvalue weighted by atomic mass is 35.5. The highest BCUT2D eigenvalue weighted by Crippen LogP contribution is 2.35. The van der Waals surface area contributed by atoms with Gasteiger partial charge in [0.15, 0.2) is 0 Å². The highest BCUT2D eigenvalue weighted by Gasteiger charge is 2.30. The number of carbonyl (C=O) groups is 1. The van der Waals surface area contributed by atoms with Crippen molar-refractivity contribution in [2.24, 2.45) is 0 Å². The minimum atomic E-state index is -4.18. The number of rotatable bonds is 8. The molecule has 3 rings (SSSR count). The zero-order chi connectivity index (χ0) is 24.2. The molecule has 0 saturated carbocycles. The molecule has 33 heavy (non-hydrogen) atoms. The summed E-state index contributed by atoms with van der Waals surface area (Å²) in [5.41, 5.74) is 1.21. The second-order valence-corrected chi connectivity index (χ2v) is 9.31. The van der Waals surface area contributed by atoms with Crippen molar-refractivity contribution in [3.05, 3.63) is 77.1 Å². The summed E-state index contributed by atoms with van der Waals surface area (Å²) < 4.78 is 52.1. The van der Waals surface area contributed by atoms with Crippen molar-refractivity contribution in [3.63, 3.8) is 0 Å². The summed E-state index contributed by atoms with van der Waals surface area (Å²) in [5.74, 6) is -0.706. The first-order valence-corrected chi connectivity index (χ1v) is 11.5. The van der Waals surface area contributed by atoms with Crippen LogP contribution in [0, 0.1) is 12.7 Å². The van der Waals surface area contributed by atoms with Crippen molar-refractivity contribution in [3.8, 4) is 11.5 Å². The van der Waals surface area contributed by atoms with Crippen LogP contribution in [0.2, 0.25) is 5.02 Å². The minimum absolute atomic E-state index is 0.00407. The van der Waals surface area contributed by atoms with Crippen LogP contribution in [0.4, 0.5) is 15.8 Å². The number of hydrogen-bond acceptors (Lipinski definition) is 5. The number of halogens is 2. The van der Waals surface area contributed by atoms with Gasteiger partial charge in [0.1, 0.15) is 23.9 Å². The van der Waals surface area contributed by atoms with Gasteiger partial charge in [-0.1, -0.05) is 29.3 Å². The summed E-state index contributed by atoms with van der Waals surface area (Å²) in [6, 6.07) is 14.5. The molecule has 0 fully saturated rings. The van der Waals surface area contributed by atoms with Crippen molar-refractivity contribution in [2.45, 2.75) is 11.8 Å². The maximum Gasteiger partial charge on any atom is 0.264 e. The van der Waals surface area contributed by atoms with Crippen molar-refractivity contribution in [2.75, 3.05) is 30.4 Å². The molecule has 1 amide bonds. The van der Waals surface area contributed by atoms with Crippen LogP contribution < -0.4 is 19.1 Å². The van der Waals surface area contributed by atoms with Crippen molar-refractivity contribution >= 4 is 38.9 Å². The lowest BCUT2D eigenvalue weighted by molar-refractivity contribution is -0.114. The highest BCUT2D eigenvalue weighted by molar-refractivity contribution is 7.92. The molecule has 10 heteroatoms. The average molecular weight is 493 g/mol. The zero-order valence-electron chi connectivity index (χ0n) is 18.1. The molecule has 1 N–H and O–H groups in total. The molecule has 0 radical (unpaired) electrons. The van der Waals surface area contributed by atoms with Gasteiger partial charge in [0.05, 0.1) is 29.8 Å². The molecular formula is C23H22ClFN2O5S. The molecule has 0 saturated heterocycles. The van der Waals surface area contributed by atoms with Crippen LogP contribution in [0.3, 0.4) is 0 Å². The number of anilines is 2. The normalized spacial score (nSPS) is 11.1. The SMILES string of the molecule is COc1ccc(OC)c(N(CC(=O)Nc2ccc(F)c(Cl)c2)S(=O)(=O)c2ccc(C)cc2)c1. The number of benzene rings is 3.